The average molecular weight is 230 g/mol. The molecule has 0 saturated heterocycles. The van der Waals surface area contributed by atoms with Crippen LogP contribution < -0.4 is 5.32 Å². The molecule has 0 atom stereocenters. The summed E-state index contributed by atoms with van der Waals surface area (Å²) in [6.07, 6.45) is 3.73. The van der Waals surface area contributed by atoms with E-state index in [9.17, 15) is 0 Å². The summed E-state index contributed by atoms with van der Waals surface area (Å²) < 4.78 is 2.87. The van der Waals surface area contributed by atoms with Gasteiger partial charge in [-0.3, -0.25) is 4.68 Å². The second-order valence-corrected chi connectivity index (χ2v) is 3.58. The Hall–Kier alpha value is -0.610. The first kappa shape index (κ1) is 9.48. The molecule has 1 heterocycles. The Morgan fingerprint density at radius 3 is 3.08 bits per heavy atom. The van der Waals surface area contributed by atoms with E-state index in [-0.39, 0.29) is 0 Å². The van der Waals surface area contributed by atoms with Gasteiger partial charge >= 0.3 is 0 Å². The third kappa shape index (κ3) is 3.69. The van der Waals surface area contributed by atoms with Crippen LogP contribution >= 0.6 is 15.9 Å². The molecule has 0 aliphatic rings. The summed E-state index contributed by atoms with van der Waals surface area (Å²) in [5.41, 5.74) is 0. The molecule has 0 fully saturated rings. The quantitative estimate of drug-likeness (QED) is 0.774. The van der Waals surface area contributed by atoms with Crippen molar-refractivity contribution in [1.29, 1.82) is 0 Å². The van der Waals surface area contributed by atoms with Gasteiger partial charge in [-0.1, -0.05) is 22.5 Å². The number of hydrogen-bond acceptors (Lipinski definition) is 2. The van der Waals surface area contributed by atoms with Crippen molar-refractivity contribution < 1.29 is 0 Å². The van der Waals surface area contributed by atoms with Gasteiger partial charge in [-0.05, 0) is 6.07 Å². The fraction of sp³-hybridized carbons (Fsp3) is 0.375. The highest BCUT2D eigenvalue weighted by Crippen LogP contribution is 1.96. The van der Waals surface area contributed by atoms with Crippen LogP contribution in [0.15, 0.2) is 29.5 Å². The summed E-state index contributed by atoms with van der Waals surface area (Å²) in [6.45, 7) is 6.33. The molecule has 1 N–H and O–H groups in total. The molecule has 0 amide bonds. The van der Waals surface area contributed by atoms with Gasteiger partial charge in [-0.15, -0.1) is 0 Å². The molecular weight excluding hydrogens is 218 g/mol. The molecule has 0 saturated carbocycles. The molecule has 0 aliphatic heterocycles. The average Bonchev–Trinajstić information content (AvgIpc) is 2.49. The lowest BCUT2D eigenvalue weighted by atomic mass is 10.5. The van der Waals surface area contributed by atoms with Crippen LogP contribution in [-0.4, -0.2) is 22.9 Å². The first-order chi connectivity index (χ1) is 5.79. The third-order valence-electron chi connectivity index (χ3n) is 1.39. The van der Waals surface area contributed by atoms with Crippen molar-refractivity contribution in [1.82, 2.24) is 15.1 Å². The van der Waals surface area contributed by atoms with E-state index < -0.39 is 0 Å². The van der Waals surface area contributed by atoms with E-state index in [1.165, 1.54) is 0 Å². The minimum absolute atomic E-state index is 0.807. The molecule has 3 nitrogen and oxygen atoms in total. The van der Waals surface area contributed by atoms with Gasteiger partial charge in [0, 0.05) is 30.0 Å². The molecule has 4 heteroatoms. The molecule has 1 aromatic rings. The summed E-state index contributed by atoms with van der Waals surface area (Å²) in [6, 6.07) is 1.92. The van der Waals surface area contributed by atoms with E-state index in [0.29, 0.717) is 0 Å². The highest BCUT2D eigenvalue weighted by Gasteiger charge is 1.90. The molecule has 0 spiro atoms. The molecule has 66 valence electrons. The van der Waals surface area contributed by atoms with Crippen LogP contribution in [0.1, 0.15) is 0 Å². The van der Waals surface area contributed by atoms with Crippen molar-refractivity contribution in [2.75, 3.05) is 13.1 Å². The molecule has 0 bridgehead atoms. The zero-order valence-electron chi connectivity index (χ0n) is 6.83. The maximum absolute atomic E-state index is 4.08. The SMILES string of the molecule is C=C(Br)CNCCn1cccn1. The zero-order valence-corrected chi connectivity index (χ0v) is 8.42. The predicted molar refractivity (Wildman–Crippen MR) is 53.2 cm³/mol. The van der Waals surface area contributed by atoms with E-state index in [4.69, 9.17) is 0 Å². The van der Waals surface area contributed by atoms with E-state index >= 15 is 0 Å². The minimum Gasteiger partial charge on any atom is -0.310 e. The van der Waals surface area contributed by atoms with Crippen LogP contribution in [-0.2, 0) is 6.54 Å². The summed E-state index contributed by atoms with van der Waals surface area (Å²) in [4.78, 5) is 0. The Labute approximate surface area is 80.6 Å². The Balaban J connectivity index is 2.07. The number of halogens is 1. The van der Waals surface area contributed by atoms with E-state index in [1.54, 1.807) is 6.20 Å². The molecule has 1 rings (SSSR count). The second kappa shape index (κ2) is 5.11. The van der Waals surface area contributed by atoms with Crippen molar-refractivity contribution >= 4 is 15.9 Å². The zero-order chi connectivity index (χ0) is 8.81. The molecule has 12 heavy (non-hydrogen) atoms. The van der Waals surface area contributed by atoms with E-state index in [2.05, 4.69) is 32.9 Å². The van der Waals surface area contributed by atoms with Gasteiger partial charge in [-0.25, -0.2) is 0 Å². The molecule has 0 aromatic carbocycles. The van der Waals surface area contributed by atoms with Gasteiger partial charge in [0.2, 0.25) is 0 Å². The highest BCUT2D eigenvalue weighted by molar-refractivity contribution is 9.11. The van der Waals surface area contributed by atoms with Gasteiger partial charge in [0.05, 0.1) is 6.54 Å². The largest absolute Gasteiger partial charge is 0.310 e. The summed E-state index contributed by atoms with van der Waals surface area (Å²) >= 11 is 3.27. The van der Waals surface area contributed by atoms with Crippen LogP contribution in [0.25, 0.3) is 0 Å². The molecular formula is C8H12BrN3. The molecule has 0 aliphatic carbocycles. The van der Waals surface area contributed by atoms with Crippen LogP contribution in [0.2, 0.25) is 0 Å². The van der Waals surface area contributed by atoms with E-state index in [0.717, 1.165) is 24.1 Å². The first-order valence-electron chi connectivity index (χ1n) is 3.80. The lowest BCUT2D eigenvalue weighted by Gasteiger charge is -2.02. The number of aromatic nitrogens is 2. The highest BCUT2D eigenvalue weighted by atomic mass is 79.9. The summed E-state index contributed by atoms with van der Waals surface area (Å²) in [5.74, 6) is 0. The molecule has 1 aromatic heterocycles. The van der Waals surface area contributed by atoms with Crippen molar-refractivity contribution in [3.05, 3.63) is 29.5 Å². The Bertz CT molecular complexity index is 230. The number of nitrogens with zero attached hydrogens (tertiary/aromatic N) is 2. The van der Waals surface area contributed by atoms with Crippen LogP contribution in [0.4, 0.5) is 0 Å². The van der Waals surface area contributed by atoms with Crippen LogP contribution in [0.5, 0.6) is 0 Å². The summed E-state index contributed by atoms with van der Waals surface area (Å²) in [5, 5.41) is 7.29. The Morgan fingerprint density at radius 2 is 2.50 bits per heavy atom. The van der Waals surface area contributed by atoms with Gasteiger partial charge < -0.3 is 5.32 Å². The topological polar surface area (TPSA) is 29.9 Å². The normalized spacial score (nSPS) is 10.1. The summed E-state index contributed by atoms with van der Waals surface area (Å²) in [7, 11) is 0. The second-order valence-electron chi connectivity index (χ2n) is 2.46. The standard InChI is InChI=1S/C8H12BrN3/c1-8(9)7-10-4-6-12-5-2-3-11-12/h2-3,5,10H,1,4,6-7H2. The molecule has 0 radical (unpaired) electrons. The maximum atomic E-state index is 4.08. The number of hydrogen-bond donors (Lipinski definition) is 1. The van der Waals surface area contributed by atoms with Gasteiger partial charge in [0.25, 0.3) is 0 Å². The van der Waals surface area contributed by atoms with E-state index in [1.807, 2.05) is 16.9 Å². The van der Waals surface area contributed by atoms with Gasteiger partial charge in [0.15, 0.2) is 0 Å². The molecule has 0 unspecified atom stereocenters. The van der Waals surface area contributed by atoms with Crippen molar-refractivity contribution in [3.8, 4) is 0 Å². The van der Waals surface area contributed by atoms with Crippen molar-refractivity contribution in [3.63, 3.8) is 0 Å². The van der Waals surface area contributed by atoms with Gasteiger partial charge in [0.1, 0.15) is 0 Å². The van der Waals surface area contributed by atoms with Crippen molar-refractivity contribution in [2.45, 2.75) is 6.54 Å². The smallest absolute Gasteiger partial charge is 0.0534 e. The monoisotopic (exact) mass is 229 g/mol. The fourth-order valence-electron chi connectivity index (χ4n) is 0.850. The van der Waals surface area contributed by atoms with Crippen LogP contribution in [0.3, 0.4) is 0 Å². The predicted octanol–water partition coefficient (Wildman–Crippen LogP) is 1.38. The number of rotatable bonds is 5. The first-order valence-corrected chi connectivity index (χ1v) is 4.60. The van der Waals surface area contributed by atoms with Crippen LogP contribution in [0, 0.1) is 0 Å². The maximum Gasteiger partial charge on any atom is 0.0534 e. The third-order valence-corrected chi connectivity index (χ3v) is 1.67. The lowest BCUT2D eigenvalue weighted by Crippen LogP contribution is -2.21. The minimum atomic E-state index is 0.807. The van der Waals surface area contributed by atoms with Crippen molar-refractivity contribution in [2.24, 2.45) is 0 Å². The fourth-order valence-corrected chi connectivity index (χ4v) is 1.05. The Morgan fingerprint density at radius 1 is 1.67 bits per heavy atom. The lowest BCUT2D eigenvalue weighted by molar-refractivity contribution is 0.572. The Kier molecular flexibility index (Phi) is 4.04. The number of nitrogens with one attached hydrogen (secondary N) is 1. The van der Waals surface area contributed by atoms with Gasteiger partial charge in [-0.2, -0.15) is 5.10 Å².